The molecular weight excluding hydrogens is 277 g/mol. The molecule has 0 spiro atoms. The lowest BCUT2D eigenvalue weighted by atomic mass is 10.1. The van der Waals surface area contributed by atoms with Crippen molar-refractivity contribution in [3.05, 3.63) is 41.0 Å². The lowest BCUT2D eigenvalue weighted by Crippen LogP contribution is -1.90. The summed E-state index contributed by atoms with van der Waals surface area (Å²) in [6.45, 7) is 1.83. The molecule has 2 aromatic rings. The van der Waals surface area contributed by atoms with E-state index in [0.717, 1.165) is 5.82 Å². The van der Waals surface area contributed by atoms with Gasteiger partial charge in [-0.2, -0.15) is 0 Å². The molecule has 0 saturated heterocycles. The summed E-state index contributed by atoms with van der Waals surface area (Å²) in [5.41, 5.74) is 1.20. The smallest absolute Gasteiger partial charge is 0.208 e. The largest absolute Gasteiger partial charge is 0.395 e. The third-order valence-electron chi connectivity index (χ3n) is 2.46. The molecular formula is C14H14FN3OS. The van der Waals surface area contributed by atoms with Crippen LogP contribution in [0.2, 0.25) is 0 Å². The van der Waals surface area contributed by atoms with Gasteiger partial charge in [0.2, 0.25) is 5.16 Å². The predicted molar refractivity (Wildman–Crippen MR) is 75.7 cm³/mol. The Bertz CT molecular complexity index is 645. The number of rotatable bonds is 4. The van der Waals surface area contributed by atoms with Crippen molar-refractivity contribution in [1.82, 2.24) is 15.2 Å². The number of aliphatic hydroxyl groups excluding tert-OH is 1. The Hall–Kier alpha value is -1.84. The summed E-state index contributed by atoms with van der Waals surface area (Å²) in [6, 6.07) is 4.89. The van der Waals surface area contributed by atoms with Crippen LogP contribution in [0.3, 0.4) is 0 Å². The van der Waals surface area contributed by atoms with Crippen molar-refractivity contribution in [2.24, 2.45) is 0 Å². The first-order chi connectivity index (χ1) is 9.69. The number of aliphatic hydroxyl groups is 1. The van der Waals surface area contributed by atoms with E-state index in [9.17, 15) is 4.39 Å². The Morgan fingerprint density at radius 2 is 2.30 bits per heavy atom. The van der Waals surface area contributed by atoms with Crippen molar-refractivity contribution in [2.75, 3.05) is 6.61 Å². The van der Waals surface area contributed by atoms with E-state index in [-0.39, 0.29) is 12.4 Å². The number of thioether (sulfide) groups is 1. The maximum absolute atomic E-state index is 13.9. The summed E-state index contributed by atoms with van der Waals surface area (Å²) in [6.07, 6.45) is 0.392. The summed E-state index contributed by atoms with van der Waals surface area (Å²) < 4.78 is 13.9. The van der Waals surface area contributed by atoms with Crippen LogP contribution in [0.5, 0.6) is 0 Å². The van der Waals surface area contributed by atoms with Gasteiger partial charge in [-0.1, -0.05) is 29.7 Å². The fourth-order valence-corrected chi connectivity index (χ4v) is 2.32. The molecule has 0 saturated carbocycles. The Labute approximate surface area is 120 Å². The van der Waals surface area contributed by atoms with Crippen LogP contribution in [-0.2, 0) is 5.75 Å². The topological polar surface area (TPSA) is 61.8 Å². The third kappa shape index (κ3) is 4.08. The molecule has 0 aliphatic carbocycles. The predicted octanol–water partition coefficient (Wildman–Crippen LogP) is 2.28. The number of H-pyrrole nitrogens is 1. The average Bonchev–Trinajstić information content (AvgIpc) is 2.84. The van der Waals surface area contributed by atoms with Gasteiger partial charge in [0.15, 0.2) is 0 Å². The van der Waals surface area contributed by atoms with Gasteiger partial charge in [-0.25, -0.2) is 9.37 Å². The molecule has 0 atom stereocenters. The van der Waals surface area contributed by atoms with Gasteiger partial charge >= 0.3 is 0 Å². The van der Waals surface area contributed by atoms with Crippen molar-refractivity contribution >= 4 is 11.8 Å². The van der Waals surface area contributed by atoms with Crippen molar-refractivity contribution in [3.8, 4) is 11.8 Å². The van der Waals surface area contributed by atoms with E-state index in [1.807, 2.05) is 6.92 Å². The van der Waals surface area contributed by atoms with E-state index in [1.165, 1.54) is 17.8 Å². The molecule has 0 unspecified atom stereocenters. The molecule has 6 heteroatoms. The molecule has 1 aromatic carbocycles. The van der Waals surface area contributed by atoms with E-state index in [4.69, 9.17) is 5.11 Å². The second kappa shape index (κ2) is 7.08. The van der Waals surface area contributed by atoms with Gasteiger partial charge in [0, 0.05) is 17.7 Å². The molecule has 104 valence electrons. The van der Waals surface area contributed by atoms with E-state index in [0.29, 0.717) is 28.5 Å². The monoisotopic (exact) mass is 291 g/mol. The van der Waals surface area contributed by atoms with Crippen LogP contribution < -0.4 is 0 Å². The second-order valence-electron chi connectivity index (χ2n) is 4.07. The highest BCUT2D eigenvalue weighted by molar-refractivity contribution is 7.98. The number of hydrogen-bond acceptors (Lipinski definition) is 4. The van der Waals surface area contributed by atoms with Gasteiger partial charge in [0.05, 0.1) is 6.61 Å². The van der Waals surface area contributed by atoms with E-state index >= 15 is 0 Å². The first-order valence-corrected chi connectivity index (χ1v) is 7.07. The number of halogens is 1. The van der Waals surface area contributed by atoms with Gasteiger partial charge in [-0.05, 0) is 24.6 Å². The van der Waals surface area contributed by atoms with Gasteiger partial charge in [-0.3, -0.25) is 5.10 Å². The standard InChI is InChI=1S/C14H14FN3OS/c1-10-16-14(18-17-10)20-9-12-6-5-11(8-13(12)15)4-2-3-7-19/h5-6,8,19H,3,7,9H2,1H3,(H,16,17,18). The highest BCUT2D eigenvalue weighted by Gasteiger charge is 2.06. The van der Waals surface area contributed by atoms with Crippen LogP contribution in [0.4, 0.5) is 4.39 Å². The highest BCUT2D eigenvalue weighted by Crippen LogP contribution is 2.21. The quantitative estimate of drug-likeness (QED) is 0.670. The van der Waals surface area contributed by atoms with Gasteiger partial charge in [0.1, 0.15) is 11.6 Å². The van der Waals surface area contributed by atoms with Gasteiger partial charge < -0.3 is 5.11 Å². The van der Waals surface area contributed by atoms with Crippen LogP contribution >= 0.6 is 11.8 Å². The Kier molecular flexibility index (Phi) is 5.16. The molecule has 0 radical (unpaired) electrons. The van der Waals surface area contributed by atoms with Crippen LogP contribution in [-0.4, -0.2) is 26.9 Å². The zero-order valence-corrected chi connectivity index (χ0v) is 11.8. The summed E-state index contributed by atoms with van der Waals surface area (Å²) in [4.78, 5) is 4.15. The van der Waals surface area contributed by atoms with Crippen molar-refractivity contribution in [2.45, 2.75) is 24.3 Å². The first kappa shape index (κ1) is 14.6. The van der Waals surface area contributed by atoms with Crippen LogP contribution in [0, 0.1) is 24.6 Å². The molecule has 0 aliphatic heterocycles. The lowest BCUT2D eigenvalue weighted by molar-refractivity contribution is 0.305. The number of nitrogens with zero attached hydrogens (tertiary/aromatic N) is 2. The number of hydrogen-bond donors (Lipinski definition) is 2. The Morgan fingerprint density at radius 1 is 1.45 bits per heavy atom. The normalized spacial score (nSPS) is 10.2. The van der Waals surface area contributed by atoms with E-state index < -0.39 is 0 Å². The minimum atomic E-state index is -0.291. The molecule has 0 bridgehead atoms. The number of benzene rings is 1. The summed E-state index contributed by atoms with van der Waals surface area (Å²) >= 11 is 1.37. The molecule has 0 amide bonds. The zero-order chi connectivity index (χ0) is 14.4. The maximum Gasteiger partial charge on any atom is 0.208 e. The maximum atomic E-state index is 13.9. The average molecular weight is 291 g/mol. The summed E-state index contributed by atoms with van der Waals surface area (Å²) in [5, 5.41) is 16.0. The minimum absolute atomic E-state index is 0.0142. The fraction of sp³-hybridized carbons (Fsp3) is 0.286. The number of aromatic nitrogens is 3. The first-order valence-electron chi connectivity index (χ1n) is 6.09. The number of nitrogens with one attached hydrogen (secondary N) is 1. The molecule has 20 heavy (non-hydrogen) atoms. The Morgan fingerprint density at radius 3 is 2.95 bits per heavy atom. The number of aryl methyl sites for hydroxylation is 1. The molecule has 2 N–H and O–H groups in total. The van der Waals surface area contributed by atoms with Gasteiger partial charge in [-0.15, -0.1) is 5.10 Å². The van der Waals surface area contributed by atoms with Crippen LogP contribution in [0.1, 0.15) is 23.4 Å². The molecule has 1 aromatic heterocycles. The second-order valence-corrected chi connectivity index (χ2v) is 5.02. The third-order valence-corrected chi connectivity index (χ3v) is 3.35. The summed E-state index contributed by atoms with van der Waals surface area (Å²) in [7, 11) is 0. The fourth-order valence-electron chi connectivity index (χ4n) is 1.49. The minimum Gasteiger partial charge on any atom is -0.395 e. The molecule has 0 aliphatic rings. The molecule has 0 fully saturated rings. The zero-order valence-electron chi connectivity index (χ0n) is 11.0. The Balaban J connectivity index is 2.01. The lowest BCUT2D eigenvalue weighted by Gasteiger charge is -2.01. The van der Waals surface area contributed by atoms with Crippen LogP contribution in [0.25, 0.3) is 0 Å². The molecule has 2 rings (SSSR count). The van der Waals surface area contributed by atoms with E-state index in [1.54, 1.807) is 12.1 Å². The van der Waals surface area contributed by atoms with E-state index in [2.05, 4.69) is 27.0 Å². The number of aromatic amines is 1. The van der Waals surface area contributed by atoms with Crippen molar-refractivity contribution in [1.29, 1.82) is 0 Å². The SMILES string of the molecule is Cc1nc(SCc2ccc(C#CCCO)cc2F)n[nH]1. The summed E-state index contributed by atoms with van der Waals surface area (Å²) in [5.74, 6) is 6.48. The van der Waals surface area contributed by atoms with Gasteiger partial charge in [0.25, 0.3) is 0 Å². The highest BCUT2D eigenvalue weighted by atomic mass is 32.2. The van der Waals surface area contributed by atoms with Crippen LogP contribution in [0.15, 0.2) is 23.4 Å². The molecule has 4 nitrogen and oxygen atoms in total. The van der Waals surface area contributed by atoms with Crippen molar-refractivity contribution in [3.63, 3.8) is 0 Å². The van der Waals surface area contributed by atoms with Crippen molar-refractivity contribution < 1.29 is 9.50 Å². The molecule has 1 heterocycles.